The molecule has 0 fully saturated rings. The van der Waals surface area contributed by atoms with Gasteiger partial charge in [0, 0.05) is 17.3 Å². The number of carbonyl (C=O) groups excluding carboxylic acids is 1. The van der Waals surface area contributed by atoms with E-state index in [1.54, 1.807) is 0 Å². The number of carbonyl (C=O) groups is 1. The summed E-state index contributed by atoms with van der Waals surface area (Å²) in [4.78, 5) is 12.1. The van der Waals surface area contributed by atoms with Crippen molar-refractivity contribution in [2.24, 2.45) is 5.92 Å². The summed E-state index contributed by atoms with van der Waals surface area (Å²) in [5.41, 5.74) is 2.67. The van der Waals surface area contributed by atoms with E-state index in [9.17, 15) is 4.79 Å². The van der Waals surface area contributed by atoms with E-state index < -0.39 is 0 Å². The number of alkyl halides is 1. The maximum Gasteiger partial charge on any atom is 0.223 e. The number of hydrogen-bond donors (Lipinski definition) is 1. The van der Waals surface area contributed by atoms with E-state index in [2.05, 4.69) is 40.3 Å². The third-order valence-electron chi connectivity index (χ3n) is 3.35. The van der Waals surface area contributed by atoms with Crippen molar-refractivity contribution in [3.63, 3.8) is 0 Å². The van der Waals surface area contributed by atoms with E-state index >= 15 is 0 Å². The topological polar surface area (TPSA) is 29.1 Å². The van der Waals surface area contributed by atoms with Crippen LogP contribution in [0.2, 0.25) is 0 Å². The van der Waals surface area contributed by atoms with Crippen LogP contribution in [-0.4, -0.2) is 17.3 Å². The molecule has 1 amide bonds. The predicted molar refractivity (Wildman–Crippen MR) is 73.4 cm³/mol. The van der Waals surface area contributed by atoms with Crippen molar-refractivity contribution in [2.75, 3.05) is 5.33 Å². The monoisotopic (exact) mass is 295 g/mol. The van der Waals surface area contributed by atoms with E-state index in [1.807, 2.05) is 12.1 Å². The highest BCUT2D eigenvalue weighted by molar-refractivity contribution is 9.09. The standard InChI is InChI=1S/C14H18BrNO/c1-10(6-7-15)16-14(17)13-8-11-4-2-3-5-12(11)9-13/h2-5,10,13H,6-9H2,1H3,(H,16,17). The summed E-state index contributed by atoms with van der Waals surface area (Å²) in [6, 6.07) is 8.61. The van der Waals surface area contributed by atoms with Crippen LogP contribution < -0.4 is 5.32 Å². The van der Waals surface area contributed by atoms with Gasteiger partial charge in [0.05, 0.1) is 0 Å². The Balaban J connectivity index is 1.92. The Morgan fingerprint density at radius 2 is 2.00 bits per heavy atom. The summed E-state index contributed by atoms with van der Waals surface area (Å²) in [6.45, 7) is 2.06. The Morgan fingerprint density at radius 1 is 1.41 bits per heavy atom. The van der Waals surface area contributed by atoms with Gasteiger partial charge in [-0.15, -0.1) is 0 Å². The second-order valence-electron chi connectivity index (χ2n) is 4.76. The lowest BCUT2D eigenvalue weighted by Crippen LogP contribution is -2.37. The quantitative estimate of drug-likeness (QED) is 0.850. The van der Waals surface area contributed by atoms with E-state index in [0.29, 0.717) is 0 Å². The van der Waals surface area contributed by atoms with Crippen molar-refractivity contribution in [1.29, 1.82) is 0 Å². The van der Waals surface area contributed by atoms with Crippen molar-refractivity contribution >= 4 is 21.8 Å². The fraction of sp³-hybridized carbons (Fsp3) is 0.500. The molecule has 0 saturated carbocycles. The number of nitrogens with one attached hydrogen (secondary N) is 1. The Labute approximate surface area is 111 Å². The highest BCUT2D eigenvalue weighted by Gasteiger charge is 2.27. The average Bonchev–Trinajstić information content (AvgIpc) is 2.72. The summed E-state index contributed by atoms with van der Waals surface area (Å²) >= 11 is 3.40. The molecule has 1 unspecified atom stereocenters. The Kier molecular flexibility index (Phi) is 4.21. The van der Waals surface area contributed by atoms with Crippen LogP contribution >= 0.6 is 15.9 Å². The van der Waals surface area contributed by atoms with Crippen LogP contribution in [0, 0.1) is 5.92 Å². The Bertz CT molecular complexity index is 380. The zero-order valence-electron chi connectivity index (χ0n) is 10.1. The van der Waals surface area contributed by atoms with Crippen molar-refractivity contribution in [3.05, 3.63) is 35.4 Å². The predicted octanol–water partition coefficient (Wildman–Crippen LogP) is 2.69. The van der Waals surface area contributed by atoms with Crippen molar-refractivity contribution in [2.45, 2.75) is 32.2 Å². The van der Waals surface area contributed by atoms with Crippen molar-refractivity contribution < 1.29 is 4.79 Å². The molecule has 1 aromatic rings. The van der Waals surface area contributed by atoms with Gasteiger partial charge in [0.25, 0.3) is 0 Å². The van der Waals surface area contributed by atoms with Gasteiger partial charge in [0.1, 0.15) is 0 Å². The Morgan fingerprint density at radius 3 is 2.53 bits per heavy atom. The van der Waals surface area contributed by atoms with Crippen LogP contribution in [0.3, 0.4) is 0 Å². The molecule has 0 heterocycles. The van der Waals surface area contributed by atoms with Crippen LogP contribution in [0.25, 0.3) is 0 Å². The lowest BCUT2D eigenvalue weighted by Gasteiger charge is -2.15. The molecule has 1 atom stereocenters. The normalized spacial score (nSPS) is 16.6. The van der Waals surface area contributed by atoms with Crippen LogP contribution in [0.5, 0.6) is 0 Å². The first kappa shape index (κ1) is 12.6. The molecule has 2 rings (SSSR count). The minimum Gasteiger partial charge on any atom is -0.353 e. The second-order valence-corrected chi connectivity index (χ2v) is 5.55. The second kappa shape index (κ2) is 5.67. The first-order valence-electron chi connectivity index (χ1n) is 6.14. The molecule has 92 valence electrons. The number of halogens is 1. The molecule has 0 radical (unpaired) electrons. The number of amides is 1. The largest absolute Gasteiger partial charge is 0.353 e. The summed E-state index contributed by atoms with van der Waals surface area (Å²) in [5, 5.41) is 4.02. The molecule has 1 aliphatic rings. The number of fused-ring (bicyclic) bond motifs is 1. The third kappa shape index (κ3) is 3.09. The molecule has 1 aromatic carbocycles. The van der Waals surface area contributed by atoms with Crippen LogP contribution in [0.1, 0.15) is 24.5 Å². The number of hydrogen-bond acceptors (Lipinski definition) is 1. The van der Waals surface area contributed by atoms with Gasteiger partial charge in [-0.05, 0) is 37.3 Å². The molecule has 0 aromatic heterocycles. The highest BCUT2D eigenvalue weighted by Crippen LogP contribution is 2.26. The molecule has 3 heteroatoms. The lowest BCUT2D eigenvalue weighted by atomic mass is 10.1. The van der Waals surface area contributed by atoms with E-state index in [0.717, 1.165) is 24.6 Å². The molecule has 2 nitrogen and oxygen atoms in total. The van der Waals surface area contributed by atoms with Gasteiger partial charge in [0.2, 0.25) is 5.91 Å². The van der Waals surface area contributed by atoms with Gasteiger partial charge in [-0.1, -0.05) is 40.2 Å². The first-order valence-corrected chi connectivity index (χ1v) is 7.26. The van der Waals surface area contributed by atoms with E-state index in [4.69, 9.17) is 0 Å². The molecule has 0 saturated heterocycles. The van der Waals surface area contributed by atoms with Crippen molar-refractivity contribution in [1.82, 2.24) is 5.32 Å². The minimum absolute atomic E-state index is 0.130. The smallest absolute Gasteiger partial charge is 0.223 e. The fourth-order valence-corrected chi connectivity index (χ4v) is 3.03. The van der Waals surface area contributed by atoms with Crippen LogP contribution in [-0.2, 0) is 17.6 Å². The Hall–Kier alpha value is -0.830. The maximum atomic E-state index is 12.1. The van der Waals surface area contributed by atoms with Gasteiger partial charge < -0.3 is 5.32 Å². The lowest BCUT2D eigenvalue weighted by molar-refractivity contribution is -0.125. The van der Waals surface area contributed by atoms with Crippen molar-refractivity contribution in [3.8, 4) is 0 Å². The third-order valence-corrected chi connectivity index (χ3v) is 3.81. The SMILES string of the molecule is CC(CCBr)NC(=O)C1Cc2ccccc2C1. The molecule has 0 spiro atoms. The van der Waals surface area contributed by atoms with E-state index in [-0.39, 0.29) is 17.9 Å². The summed E-state index contributed by atoms with van der Waals surface area (Å²) in [5.74, 6) is 0.333. The highest BCUT2D eigenvalue weighted by atomic mass is 79.9. The average molecular weight is 296 g/mol. The maximum absolute atomic E-state index is 12.1. The summed E-state index contributed by atoms with van der Waals surface area (Å²) in [6.07, 6.45) is 2.76. The number of rotatable bonds is 4. The molecule has 0 bridgehead atoms. The summed E-state index contributed by atoms with van der Waals surface area (Å²) < 4.78 is 0. The minimum atomic E-state index is 0.130. The molecular formula is C14H18BrNO. The zero-order valence-corrected chi connectivity index (χ0v) is 11.7. The van der Waals surface area contributed by atoms with Gasteiger partial charge in [0.15, 0.2) is 0 Å². The molecule has 17 heavy (non-hydrogen) atoms. The molecule has 0 aliphatic heterocycles. The molecule has 1 N–H and O–H groups in total. The summed E-state index contributed by atoms with van der Waals surface area (Å²) in [7, 11) is 0. The van der Waals surface area contributed by atoms with Gasteiger partial charge in [-0.25, -0.2) is 0 Å². The number of benzene rings is 1. The van der Waals surface area contributed by atoms with E-state index in [1.165, 1.54) is 11.1 Å². The first-order chi connectivity index (χ1) is 8.20. The van der Waals surface area contributed by atoms with Crippen LogP contribution in [0.15, 0.2) is 24.3 Å². The van der Waals surface area contributed by atoms with Crippen LogP contribution in [0.4, 0.5) is 0 Å². The fourth-order valence-electron chi connectivity index (χ4n) is 2.34. The zero-order chi connectivity index (χ0) is 12.3. The van der Waals surface area contributed by atoms with Gasteiger partial charge >= 0.3 is 0 Å². The molecular weight excluding hydrogens is 278 g/mol. The van der Waals surface area contributed by atoms with Gasteiger partial charge in [-0.2, -0.15) is 0 Å². The van der Waals surface area contributed by atoms with Gasteiger partial charge in [-0.3, -0.25) is 4.79 Å². The molecule has 1 aliphatic carbocycles.